The van der Waals surface area contributed by atoms with Crippen LogP contribution in [0.1, 0.15) is 27.2 Å². The van der Waals surface area contributed by atoms with E-state index in [2.05, 4.69) is 10.3 Å². The highest BCUT2D eigenvalue weighted by Crippen LogP contribution is 2.09. The van der Waals surface area contributed by atoms with Crippen molar-refractivity contribution in [3.63, 3.8) is 0 Å². The average molecular weight is 314 g/mol. The van der Waals surface area contributed by atoms with Gasteiger partial charge in [0.05, 0.1) is 0 Å². The van der Waals surface area contributed by atoms with Gasteiger partial charge in [0.2, 0.25) is 0 Å². The maximum atomic E-state index is 12.2. The molecule has 3 heteroatoms. The van der Waals surface area contributed by atoms with Crippen LogP contribution >= 0.6 is 0 Å². The predicted octanol–water partition coefficient (Wildman–Crippen LogP) is 4.18. The summed E-state index contributed by atoms with van der Waals surface area (Å²) in [6, 6.07) is 23.5. The molecule has 0 saturated carbocycles. The first kappa shape index (κ1) is 15.7. The van der Waals surface area contributed by atoms with E-state index in [0.717, 1.165) is 16.7 Å². The molecule has 3 aromatic rings. The fourth-order valence-electron chi connectivity index (χ4n) is 2.30. The monoisotopic (exact) mass is 314 g/mol. The molecule has 24 heavy (non-hydrogen) atoms. The topological polar surface area (TPSA) is 42.0 Å². The number of pyridine rings is 1. The third-order valence-electron chi connectivity index (χ3n) is 3.58. The Morgan fingerprint density at radius 2 is 1.54 bits per heavy atom. The lowest BCUT2D eigenvalue weighted by Crippen LogP contribution is -2.23. The van der Waals surface area contributed by atoms with Crippen LogP contribution in [0, 0.1) is 0 Å². The van der Waals surface area contributed by atoms with Gasteiger partial charge in [0.1, 0.15) is 5.69 Å². The minimum Gasteiger partial charge on any atom is -0.347 e. The smallest absolute Gasteiger partial charge is 0.270 e. The summed E-state index contributed by atoms with van der Waals surface area (Å²) in [5.74, 6) is -0.172. The highest BCUT2D eigenvalue weighted by atomic mass is 16.1. The third-order valence-corrected chi connectivity index (χ3v) is 3.58. The standard InChI is InChI=1S/C21H18N2O/c24-21(23-16-19-9-5-2-6-10-19)20-15-18(13-14-22-20)12-11-17-7-3-1-4-8-17/h1-15H,16H2,(H,23,24). The van der Waals surface area contributed by atoms with Gasteiger partial charge in [-0.05, 0) is 28.8 Å². The number of carbonyl (C=O) groups excluding carboxylic acids is 1. The fraction of sp³-hybridized carbons (Fsp3) is 0.0476. The van der Waals surface area contributed by atoms with Gasteiger partial charge in [-0.1, -0.05) is 72.8 Å². The molecular weight excluding hydrogens is 296 g/mol. The molecule has 1 N–H and O–H groups in total. The van der Waals surface area contributed by atoms with Gasteiger partial charge < -0.3 is 5.32 Å². The van der Waals surface area contributed by atoms with Crippen LogP contribution in [0.25, 0.3) is 12.2 Å². The number of hydrogen-bond acceptors (Lipinski definition) is 2. The molecule has 0 fully saturated rings. The molecule has 0 spiro atoms. The van der Waals surface area contributed by atoms with Gasteiger partial charge >= 0.3 is 0 Å². The molecule has 1 heterocycles. The van der Waals surface area contributed by atoms with E-state index in [1.165, 1.54) is 0 Å². The fourth-order valence-corrected chi connectivity index (χ4v) is 2.30. The molecule has 0 atom stereocenters. The lowest BCUT2D eigenvalue weighted by atomic mass is 10.1. The Kier molecular flexibility index (Phi) is 5.15. The van der Waals surface area contributed by atoms with E-state index < -0.39 is 0 Å². The first-order valence-corrected chi connectivity index (χ1v) is 7.82. The maximum Gasteiger partial charge on any atom is 0.270 e. The van der Waals surface area contributed by atoms with E-state index in [1.54, 1.807) is 12.3 Å². The Morgan fingerprint density at radius 1 is 0.875 bits per heavy atom. The Morgan fingerprint density at radius 3 is 2.29 bits per heavy atom. The molecule has 3 rings (SSSR count). The summed E-state index contributed by atoms with van der Waals surface area (Å²) < 4.78 is 0. The van der Waals surface area contributed by atoms with Crippen LogP contribution in [-0.2, 0) is 6.54 Å². The van der Waals surface area contributed by atoms with Gasteiger partial charge in [0, 0.05) is 12.7 Å². The van der Waals surface area contributed by atoms with E-state index in [9.17, 15) is 4.79 Å². The minimum atomic E-state index is -0.172. The zero-order valence-electron chi connectivity index (χ0n) is 13.2. The normalized spacial score (nSPS) is 10.7. The van der Waals surface area contributed by atoms with Crippen molar-refractivity contribution in [1.29, 1.82) is 0 Å². The zero-order valence-corrected chi connectivity index (χ0v) is 13.2. The molecule has 118 valence electrons. The molecule has 0 bridgehead atoms. The van der Waals surface area contributed by atoms with Crippen molar-refractivity contribution in [2.45, 2.75) is 6.54 Å². The summed E-state index contributed by atoms with van der Waals surface area (Å²) in [6.45, 7) is 0.492. The number of amides is 1. The largest absolute Gasteiger partial charge is 0.347 e. The van der Waals surface area contributed by atoms with Crippen molar-refractivity contribution in [3.8, 4) is 0 Å². The van der Waals surface area contributed by atoms with Gasteiger partial charge in [-0.2, -0.15) is 0 Å². The summed E-state index contributed by atoms with van der Waals surface area (Å²) in [4.78, 5) is 16.4. The highest BCUT2D eigenvalue weighted by Gasteiger charge is 2.06. The van der Waals surface area contributed by atoms with Crippen LogP contribution in [0.3, 0.4) is 0 Å². The van der Waals surface area contributed by atoms with Crippen LogP contribution in [0.15, 0.2) is 79.0 Å². The molecule has 1 aromatic heterocycles. The molecule has 0 aliphatic rings. The molecule has 0 aliphatic heterocycles. The summed E-state index contributed by atoms with van der Waals surface area (Å²) in [6.07, 6.45) is 5.65. The molecule has 0 saturated heterocycles. The Bertz CT molecular complexity index is 827. The van der Waals surface area contributed by atoms with E-state index in [-0.39, 0.29) is 5.91 Å². The second-order valence-electron chi connectivity index (χ2n) is 5.39. The quantitative estimate of drug-likeness (QED) is 0.767. The number of benzene rings is 2. The summed E-state index contributed by atoms with van der Waals surface area (Å²) in [7, 11) is 0. The van der Waals surface area contributed by atoms with Crippen molar-refractivity contribution in [3.05, 3.63) is 101 Å². The van der Waals surface area contributed by atoms with Crippen LogP contribution < -0.4 is 5.32 Å². The molecule has 0 radical (unpaired) electrons. The number of nitrogens with zero attached hydrogens (tertiary/aromatic N) is 1. The Balaban J connectivity index is 1.66. The lowest BCUT2D eigenvalue weighted by molar-refractivity contribution is 0.0946. The molecule has 0 aliphatic carbocycles. The van der Waals surface area contributed by atoms with Gasteiger partial charge in [-0.25, -0.2) is 0 Å². The van der Waals surface area contributed by atoms with Crippen LogP contribution in [0.5, 0.6) is 0 Å². The van der Waals surface area contributed by atoms with Crippen molar-refractivity contribution in [1.82, 2.24) is 10.3 Å². The van der Waals surface area contributed by atoms with Crippen molar-refractivity contribution in [2.24, 2.45) is 0 Å². The number of nitrogens with one attached hydrogen (secondary N) is 1. The van der Waals surface area contributed by atoms with Crippen LogP contribution in [0.2, 0.25) is 0 Å². The summed E-state index contributed by atoms with van der Waals surface area (Å²) in [5, 5.41) is 2.89. The zero-order chi connectivity index (χ0) is 16.6. The lowest BCUT2D eigenvalue weighted by Gasteiger charge is -2.05. The number of rotatable bonds is 5. The first-order chi connectivity index (χ1) is 11.8. The summed E-state index contributed by atoms with van der Waals surface area (Å²) in [5.41, 5.74) is 3.54. The van der Waals surface area contributed by atoms with Gasteiger partial charge in [0.15, 0.2) is 0 Å². The second-order valence-corrected chi connectivity index (χ2v) is 5.39. The Labute approximate surface area is 141 Å². The van der Waals surface area contributed by atoms with E-state index >= 15 is 0 Å². The summed E-state index contributed by atoms with van der Waals surface area (Å²) >= 11 is 0. The number of aromatic nitrogens is 1. The van der Waals surface area contributed by atoms with E-state index in [4.69, 9.17) is 0 Å². The third kappa shape index (κ3) is 4.40. The predicted molar refractivity (Wildman–Crippen MR) is 97.2 cm³/mol. The van der Waals surface area contributed by atoms with Gasteiger partial charge in [0.25, 0.3) is 5.91 Å². The van der Waals surface area contributed by atoms with Crippen LogP contribution in [0.4, 0.5) is 0 Å². The van der Waals surface area contributed by atoms with Gasteiger partial charge in [-0.3, -0.25) is 9.78 Å². The van der Waals surface area contributed by atoms with Crippen molar-refractivity contribution < 1.29 is 4.79 Å². The second kappa shape index (κ2) is 7.88. The molecule has 0 unspecified atom stereocenters. The Hall–Kier alpha value is -3.20. The van der Waals surface area contributed by atoms with Crippen LogP contribution in [-0.4, -0.2) is 10.9 Å². The van der Waals surface area contributed by atoms with Crippen molar-refractivity contribution >= 4 is 18.1 Å². The van der Waals surface area contributed by atoms with Crippen molar-refractivity contribution in [2.75, 3.05) is 0 Å². The molecule has 1 amide bonds. The first-order valence-electron chi connectivity index (χ1n) is 7.82. The molecule has 3 nitrogen and oxygen atoms in total. The number of carbonyl (C=O) groups is 1. The molecule has 2 aromatic carbocycles. The molecular formula is C21H18N2O. The number of hydrogen-bond donors (Lipinski definition) is 1. The minimum absolute atomic E-state index is 0.172. The average Bonchev–Trinajstić information content (AvgIpc) is 2.66. The SMILES string of the molecule is O=C(NCc1ccccc1)c1cc(C=Cc2ccccc2)ccn1. The van der Waals surface area contributed by atoms with E-state index in [1.807, 2.05) is 78.9 Å². The van der Waals surface area contributed by atoms with E-state index in [0.29, 0.717) is 12.2 Å². The van der Waals surface area contributed by atoms with Gasteiger partial charge in [-0.15, -0.1) is 0 Å². The highest BCUT2D eigenvalue weighted by molar-refractivity contribution is 5.92. The maximum absolute atomic E-state index is 12.2.